The Labute approximate surface area is 130 Å². The van der Waals surface area contributed by atoms with Crippen LogP contribution in [-0.2, 0) is 13.6 Å². The number of allylic oxidation sites excluding steroid dienone is 2. The Morgan fingerprint density at radius 2 is 2.00 bits per heavy atom. The maximum absolute atomic E-state index is 12.5. The normalized spacial score (nSPS) is 15.3. The van der Waals surface area contributed by atoms with Crippen molar-refractivity contribution in [3.8, 4) is 0 Å². The van der Waals surface area contributed by atoms with E-state index in [1.807, 2.05) is 4.57 Å². The highest BCUT2D eigenvalue weighted by atomic mass is 16.1. The number of fused-ring (bicyclic) bond motifs is 1. The standard InChI is InChI=1S/C16H23N5O/c1-12(2)7-10-21-14-13(11-17-19(3)15(14)22)18-16(21)20-8-5-4-6-9-20/h7,11H,4-6,8-10H2,1-3H3. The minimum Gasteiger partial charge on any atom is -0.342 e. The summed E-state index contributed by atoms with van der Waals surface area (Å²) in [6.07, 6.45) is 7.45. The molecular weight excluding hydrogens is 278 g/mol. The zero-order valence-electron chi connectivity index (χ0n) is 13.5. The molecule has 1 aliphatic heterocycles. The third kappa shape index (κ3) is 2.65. The van der Waals surface area contributed by atoms with E-state index >= 15 is 0 Å². The smallest absolute Gasteiger partial charge is 0.292 e. The molecule has 6 nitrogen and oxygen atoms in total. The zero-order chi connectivity index (χ0) is 15.7. The molecule has 0 atom stereocenters. The van der Waals surface area contributed by atoms with Gasteiger partial charge in [0.25, 0.3) is 5.56 Å². The third-order valence-electron chi connectivity index (χ3n) is 4.15. The molecule has 0 radical (unpaired) electrons. The second-order valence-electron chi connectivity index (χ2n) is 6.16. The summed E-state index contributed by atoms with van der Waals surface area (Å²) in [5.74, 6) is 0.900. The van der Waals surface area contributed by atoms with Crippen molar-refractivity contribution >= 4 is 17.0 Å². The molecule has 0 bridgehead atoms. The molecule has 0 N–H and O–H groups in total. The summed E-state index contributed by atoms with van der Waals surface area (Å²) in [4.78, 5) is 19.5. The third-order valence-corrected chi connectivity index (χ3v) is 4.15. The van der Waals surface area contributed by atoms with E-state index in [2.05, 4.69) is 29.9 Å². The Morgan fingerprint density at radius 3 is 2.68 bits per heavy atom. The van der Waals surface area contributed by atoms with Crippen molar-refractivity contribution in [1.82, 2.24) is 19.3 Å². The summed E-state index contributed by atoms with van der Waals surface area (Å²) in [5.41, 5.74) is 2.48. The van der Waals surface area contributed by atoms with Gasteiger partial charge in [0.15, 0.2) is 0 Å². The van der Waals surface area contributed by atoms with Gasteiger partial charge in [-0.2, -0.15) is 5.10 Å². The van der Waals surface area contributed by atoms with Gasteiger partial charge in [0, 0.05) is 26.7 Å². The van der Waals surface area contributed by atoms with Crippen molar-refractivity contribution in [2.24, 2.45) is 7.05 Å². The van der Waals surface area contributed by atoms with Crippen LogP contribution in [0.4, 0.5) is 5.95 Å². The lowest BCUT2D eigenvalue weighted by Crippen LogP contribution is -2.32. The van der Waals surface area contributed by atoms with E-state index in [-0.39, 0.29) is 5.56 Å². The van der Waals surface area contributed by atoms with Crippen molar-refractivity contribution in [3.05, 3.63) is 28.2 Å². The van der Waals surface area contributed by atoms with Crippen molar-refractivity contribution in [3.63, 3.8) is 0 Å². The molecule has 118 valence electrons. The van der Waals surface area contributed by atoms with Gasteiger partial charge in [-0.25, -0.2) is 9.67 Å². The molecule has 2 aromatic rings. The zero-order valence-corrected chi connectivity index (χ0v) is 13.5. The van der Waals surface area contributed by atoms with Crippen LogP contribution in [0.3, 0.4) is 0 Å². The molecule has 0 saturated carbocycles. The Hall–Kier alpha value is -2.11. The van der Waals surface area contributed by atoms with Crippen LogP contribution >= 0.6 is 0 Å². The summed E-state index contributed by atoms with van der Waals surface area (Å²) in [7, 11) is 1.68. The van der Waals surface area contributed by atoms with E-state index < -0.39 is 0 Å². The predicted octanol–water partition coefficient (Wildman–Crippen LogP) is 2.09. The van der Waals surface area contributed by atoms with E-state index in [1.165, 1.54) is 29.5 Å². The first-order valence-corrected chi connectivity index (χ1v) is 7.89. The van der Waals surface area contributed by atoms with Gasteiger partial charge in [-0.15, -0.1) is 0 Å². The highest BCUT2D eigenvalue weighted by Crippen LogP contribution is 2.23. The van der Waals surface area contributed by atoms with Crippen LogP contribution in [-0.4, -0.2) is 32.4 Å². The lowest BCUT2D eigenvalue weighted by Gasteiger charge is -2.28. The number of nitrogens with zero attached hydrogens (tertiary/aromatic N) is 5. The van der Waals surface area contributed by atoms with E-state index in [0.717, 1.165) is 19.0 Å². The summed E-state index contributed by atoms with van der Waals surface area (Å²) in [6, 6.07) is 0. The van der Waals surface area contributed by atoms with Gasteiger partial charge in [-0.05, 0) is 33.1 Å². The fourth-order valence-electron chi connectivity index (χ4n) is 2.90. The number of piperidine rings is 1. The van der Waals surface area contributed by atoms with Crippen LogP contribution in [0, 0.1) is 0 Å². The number of imidazole rings is 1. The van der Waals surface area contributed by atoms with Gasteiger partial charge in [0.05, 0.1) is 6.20 Å². The van der Waals surface area contributed by atoms with Gasteiger partial charge < -0.3 is 9.47 Å². The quantitative estimate of drug-likeness (QED) is 0.815. The summed E-state index contributed by atoms with van der Waals surface area (Å²) in [5, 5.41) is 4.10. The molecule has 6 heteroatoms. The van der Waals surface area contributed by atoms with Gasteiger partial charge in [0.1, 0.15) is 11.0 Å². The average molecular weight is 301 g/mol. The van der Waals surface area contributed by atoms with Crippen molar-refractivity contribution < 1.29 is 0 Å². The Morgan fingerprint density at radius 1 is 1.27 bits per heavy atom. The van der Waals surface area contributed by atoms with E-state index in [4.69, 9.17) is 4.98 Å². The minimum atomic E-state index is -0.0876. The SMILES string of the molecule is CC(C)=CCn1c(N2CCCCC2)nc2cnn(C)c(=O)c21. The van der Waals surface area contributed by atoms with Gasteiger partial charge in [-0.3, -0.25) is 4.79 Å². The minimum absolute atomic E-state index is 0.0876. The number of anilines is 1. The maximum Gasteiger partial charge on any atom is 0.292 e. The molecule has 0 amide bonds. The van der Waals surface area contributed by atoms with Crippen LogP contribution in [0.5, 0.6) is 0 Å². The number of aromatic nitrogens is 4. The van der Waals surface area contributed by atoms with Crippen molar-refractivity contribution in [1.29, 1.82) is 0 Å². The van der Waals surface area contributed by atoms with E-state index in [1.54, 1.807) is 13.2 Å². The molecule has 3 heterocycles. The Kier molecular flexibility index (Phi) is 4.00. The maximum atomic E-state index is 12.5. The first kappa shape index (κ1) is 14.8. The Bertz CT molecular complexity index is 761. The first-order valence-electron chi connectivity index (χ1n) is 7.89. The molecule has 22 heavy (non-hydrogen) atoms. The Balaban J connectivity index is 2.17. The fourth-order valence-corrected chi connectivity index (χ4v) is 2.90. The first-order chi connectivity index (χ1) is 10.6. The van der Waals surface area contributed by atoms with Gasteiger partial charge >= 0.3 is 0 Å². The van der Waals surface area contributed by atoms with Crippen LogP contribution < -0.4 is 10.5 Å². The second kappa shape index (κ2) is 5.94. The number of rotatable bonds is 3. The highest BCUT2D eigenvalue weighted by molar-refractivity contribution is 5.77. The van der Waals surface area contributed by atoms with Gasteiger partial charge in [-0.1, -0.05) is 11.6 Å². The lowest BCUT2D eigenvalue weighted by molar-refractivity contribution is 0.560. The van der Waals surface area contributed by atoms with Crippen molar-refractivity contribution in [2.45, 2.75) is 39.7 Å². The van der Waals surface area contributed by atoms with Crippen LogP contribution in [0.15, 0.2) is 22.6 Å². The number of hydrogen-bond acceptors (Lipinski definition) is 4. The van der Waals surface area contributed by atoms with Crippen LogP contribution in [0.1, 0.15) is 33.1 Å². The molecule has 0 spiro atoms. The number of hydrogen-bond donors (Lipinski definition) is 0. The largest absolute Gasteiger partial charge is 0.342 e. The van der Waals surface area contributed by atoms with Crippen LogP contribution in [0.2, 0.25) is 0 Å². The number of aryl methyl sites for hydroxylation is 1. The van der Waals surface area contributed by atoms with E-state index in [0.29, 0.717) is 17.6 Å². The van der Waals surface area contributed by atoms with Crippen molar-refractivity contribution in [2.75, 3.05) is 18.0 Å². The molecule has 1 aliphatic rings. The lowest BCUT2D eigenvalue weighted by atomic mass is 10.1. The molecule has 1 fully saturated rings. The monoisotopic (exact) mass is 301 g/mol. The topological polar surface area (TPSA) is 56.0 Å². The molecule has 1 saturated heterocycles. The average Bonchev–Trinajstić information content (AvgIpc) is 2.89. The molecular formula is C16H23N5O. The second-order valence-corrected chi connectivity index (χ2v) is 6.16. The highest BCUT2D eigenvalue weighted by Gasteiger charge is 2.20. The summed E-state index contributed by atoms with van der Waals surface area (Å²) >= 11 is 0. The van der Waals surface area contributed by atoms with Crippen LogP contribution in [0.25, 0.3) is 11.0 Å². The molecule has 3 rings (SSSR count). The molecule has 0 aromatic carbocycles. The molecule has 0 unspecified atom stereocenters. The molecule has 0 aliphatic carbocycles. The predicted molar refractivity (Wildman–Crippen MR) is 88.3 cm³/mol. The van der Waals surface area contributed by atoms with E-state index in [9.17, 15) is 4.79 Å². The molecule has 2 aromatic heterocycles. The summed E-state index contributed by atoms with van der Waals surface area (Å²) in [6.45, 7) is 6.82. The fraction of sp³-hybridized carbons (Fsp3) is 0.562. The van der Waals surface area contributed by atoms with Gasteiger partial charge in [0.2, 0.25) is 5.95 Å². The summed E-state index contributed by atoms with van der Waals surface area (Å²) < 4.78 is 3.42.